The smallest absolute Gasteiger partial charge is 0.216 e. The molecule has 0 bridgehead atoms. The Morgan fingerprint density at radius 1 is 0.698 bits per heavy atom. The Labute approximate surface area is 266 Å². The van der Waals surface area contributed by atoms with Crippen molar-refractivity contribution in [1.82, 2.24) is 15.0 Å². The van der Waals surface area contributed by atoms with E-state index in [2.05, 4.69) is 86.2 Å². The van der Waals surface area contributed by atoms with Gasteiger partial charge in [0.15, 0.2) is 0 Å². The minimum Gasteiger partial charge on any atom is -0.486 e. The van der Waals surface area contributed by atoms with Gasteiger partial charge in [-0.3, -0.25) is 0 Å². The first-order valence-corrected chi connectivity index (χ1v) is 14.2. The molecule has 0 N–H and O–H groups in total. The van der Waals surface area contributed by atoms with Crippen molar-refractivity contribution in [3.8, 4) is 33.8 Å². The molecule has 0 aliphatic carbocycles. The predicted molar refractivity (Wildman–Crippen MR) is 171 cm³/mol. The van der Waals surface area contributed by atoms with E-state index in [1.54, 1.807) is 6.20 Å². The number of furan rings is 1. The van der Waals surface area contributed by atoms with Crippen LogP contribution in [0, 0.1) is 32.9 Å². The second-order valence-electron chi connectivity index (χ2n) is 10.4. The molecule has 3 aromatic carbocycles. The van der Waals surface area contributed by atoms with Gasteiger partial charge in [0.25, 0.3) is 0 Å². The van der Waals surface area contributed by atoms with Crippen molar-refractivity contribution in [2.24, 2.45) is 0 Å². The summed E-state index contributed by atoms with van der Waals surface area (Å²) in [4.78, 5) is 13.8. The first kappa shape index (κ1) is 30.0. The van der Waals surface area contributed by atoms with Crippen LogP contribution in [0.5, 0.6) is 0 Å². The van der Waals surface area contributed by atoms with Crippen LogP contribution in [0.2, 0.25) is 0 Å². The number of nitrogens with zero attached hydrogens (tertiary/aromatic N) is 3. The summed E-state index contributed by atoms with van der Waals surface area (Å²) in [5.41, 5.74) is 12.2. The van der Waals surface area contributed by atoms with Crippen LogP contribution in [0.1, 0.15) is 29.2 Å². The van der Waals surface area contributed by atoms with Gasteiger partial charge in [-0.05, 0) is 73.5 Å². The molecule has 0 fully saturated rings. The molecule has 1 radical (unpaired) electrons. The van der Waals surface area contributed by atoms with Gasteiger partial charge in [-0.25, -0.2) is 4.98 Å². The minimum atomic E-state index is 0. The number of aryl methyl sites for hydroxylation is 4. The van der Waals surface area contributed by atoms with Crippen molar-refractivity contribution in [3.05, 3.63) is 138 Å². The van der Waals surface area contributed by atoms with Crippen LogP contribution in [0.25, 0.3) is 55.8 Å². The summed E-state index contributed by atoms with van der Waals surface area (Å²) in [7, 11) is 0. The molecule has 0 aliphatic heterocycles. The van der Waals surface area contributed by atoms with E-state index in [-0.39, 0.29) is 20.1 Å². The number of hydrogen-bond donors (Lipinski definition) is 0. The minimum absolute atomic E-state index is 0. The zero-order valence-corrected chi connectivity index (χ0v) is 27.0. The Balaban J connectivity index is 0.000000238. The van der Waals surface area contributed by atoms with Gasteiger partial charge in [-0.2, -0.15) is 0 Å². The average molecular weight is 738 g/mol. The fourth-order valence-electron chi connectivity index (χ4n) is 5.34. The third kappa shape index (κ3) is 6.19. The van der Waals surface area contributed by atoms with Gasteiger partial charge >= 0.3 is 0 Å². The molecular formula is C38H31IrN3O-2. The zero-order valence-electron chi connectivity index (χ0n) is 24.6. The van der Waals surface area contributed by atoms with Crippen LogP contribution in [-0.4, -0.2) is 15.0 Å². The van der Waals surface area contributed by atoms with Crippen LogP contribution < -0.4 is 0 Å². The Morgan fingerprint density at radius 3 is 2.21 bits per heavy atom. The standard InChI is InChI=1S/C27H23N2O.C11H8N.Ir/c1-5-19-15-28-24(14-18(19)4)22-11-7-10-20-21-12-13-23(29-27(21)30-26(20)22)25-16(2)8-6-9-17(25)3;1-2-6-10(7-3-1)11-8-4-5-9-12-11;/h6-10,12-15H,5H2,1-4H3;1-6,8-9H;/q2*-1;. The Morgan fingerprint density at radius 2 is 1.51 bits per heavy atom. The number of benzene rings is 3. The predicted octanol–water partition coefficient (Wildman–Crippen LogP) is 9.54. The molecule has 4 aromatic heterocycles. The molecule has 0 aliphatic rings. The maximum Gasteiger partial charge on any atom is 0.216 e. The van der Waals surface area contributed by atoms with E-state index in [0.29, 0.717) is 5.71 Å². The molecule has 7 aromatic rings. The van der Waals surface area contributed by atoms with Crippen molar-refractivity contribution in [3.63, 3.8) is 0 Å². The third-order valence-electron chi connectivity index (χ3n) is 7.54. The quantitative estimate of drug-likeness (QED) is 0.169. The SMILES string of the molecule is CCc1cnc(-c2[c-]ccc3c2oc2nc(-c4c(C)cccc4C)ccc23)cc1C.[Ir].[c-]1ccccc1-c1ccccn1. The molecule has 0 atom stereocenters. The Hall–Kier alpha value is -4.44. The fourth-order valence-corrected chi connectivity index (χ4v) is 5.34. The van der Waals surface area contributed by atoms with E-state index in [1.807, 2.05) is 60.8 Å². The van der Waals surface area contributed by atoms with Crippen molar-refractivity contribution in [1.29, 1.82) is 0 Å². The van der Waals surface area contributed by atoms with Crippen LogP contribution in [0.3, 0.4) is 0 Å². The topological polar surface area (TPSA) is 51.8 Å². The van der Waals surface area contributed by atoms with E-state index in [4.69, 9.17) is 9.40 Å². The second kappa shape index (κ2) is 13.2. The normalized spacial score (nSPS) is 10.7. The number of hydrogen-bond acceptors (Lipinski definition) is 4. The van der Waals surface area contributed by atoms with E-state index in [0.717, 1.165) is 51.0 Å². The first-order valence-electron chi connectivity index (χ1n) is 14.2. The van der Waals surface area contributed by atoms with E-state index in [9.17, 15) is 0 Å². The largest absolute Gasteiger partial charge is 0.486 e. The maximum atomic E-state index is 6.29. The van der Waals surface area contributed by atoms with Crippen LogP contribution in [0.4, 0.5) is 0 Å². The molecule has 0 spiro atoms. The van der Waals surface area contributed by atoms with Crippen LogP contribution in [0.15, 0.2) is 108 Å². The molecule has 0 unspecified atom stereocenters. The Bertz CT molecular complexity index is 1940. The van der Waals surface area contributed by atoms with Crippen molar-refractivity contribution in [2.45, 2.75) is 34.1 Å². The molecule has 7 rings (SSSR count). The van der Waals surface area contributed by atoms with Gasteiger partial charge in [0.1, 0.15) is 0 Å². The summed E-state index contributed by atoms with van der Waals surface area (Å²) in [6.45, 7) is 8.51. The average Bonchev–Trinajstić information content (AvgIpc) is 3.40. The van der Waals surface area contributed by atoms with Gasteiger partial charge in [0.05, 0.1) is 11.3 Å². The van der Waals surface area contributed by atoms with Crippen molar-refractivity contribution >= 4 is 22.1 Å². The molecule has 4 heterocycles. The van der Waals surface area contributed by atoms with Gasteiger partial charge in [0, 0.05) is 43.4 Å². The maximum absolute atomic E-state index is 6.29. The van der Waals surface area contributed by atoms with Crippen molar-refractivity contribution in [2.75, 3.05) is 0 Å². The number of fused-ring (bicyclic) bond motifs is 3. The fraction of sp³-hybridized carbons (Fsp3) is 0.132. The van der Waals surface area contributed by atoms with Crippen LogP contribution >= 0.6 is 0 Å². The number of rotatable bonds is 4. The molecule has 5 heteroatoms. The molecule has 43 heavy (non-hydrogen) atoms. The molecule has 215 valence electrons. The summed E-state index contributed by atoms with van der Waals surface area (Å²) in [6.07, 6.45) is 4.72. The summed E-state index contributed by atoms with van der Waals surface area (Å²) < 4.78 is 6.29. The van der Waals surface area contributed by atoms with Gasteiger partial charge in [0.2, 0.25) is 5.71 Å². The van der Waals surface area contributed by atoms with Crippen LogP contribution in [-0.2, 0) is 26.5 Å². The first-order chi connectivity index (χ1) is 20.5. The van der Waals surface area contributed by atoms with E-state index < -0.39 is 0 Å². The molecule has 0 saturated heterocycles. The molecule has 0 amide bonds. The number of pyridine rings is 3. The van der Waals surface area contributed by atoms with Gasteiger partial charge < -0.3 is 14.4 Å². The summed E-state index contributed by atoms with van der Waals surface area (Å²) in [6, 6.07) is 36.8. The summed E-state index contributed by atoms with van der Waals surface area (Å²) in [5.74, 6) is 0. The van der Waals surface area contributed by atoms with Crippen molar-refractivity contribution < 1.29 is 24.5 Å². The monoisotopic (exact) mass is 738 g/mol. The number of aromatic nitrogens is 3. The molecule has 0 saturated carbocycles. The third-order valence-corrected chi connectivity index (χ3v) is 7.54. The van der Waals surface area contributed by atoms with Gasteiger partial charge in [-0.1, -0.05) is 59.8 Å². The molecular weight excluding hydrogens is 707 g/mol. The summed E-state index contributed by atoms with van der Waals surface area (Å²) >= 11 is 0. The Kier molecular flexibility index (Phi) is 9.25. The molecule has 4 nitrogen and oxygen atoms in total. The van der Waals surface area contributed by atoms with Gasteiger partial charge in [-0.15, -0.1) is 54.1 Å². The van der Waals surface area contributed by atoms with E-state index in [1.165, 1.54) is 27.8 Å². The zero-order chi connectivity index (χ0) is 29.1. The van der Waals surface area contributed by atoms with E-state index >= 15 is 0 Å². The summed E-state index contributed by atoms with van der Waals surface area (Å²) in [5, 5.41) is 2.05. The second-order valence-corrected chi connectivity index (χ2v) is 10.4.